The van der Waals surface area contributed by atoms with Gasteiger partial charge < -0.3 is 4.90 Å². The van der Waals surface area contributed by atoms with Crippen LogP contribution in [0, 0.1) is 11.3 Å². The lowest BCUT2D eigenvalue weighted by atomic mass is 10.1. The number of rotatable bonds is 2. The van der Waals surface area contributed by atoms with Gasteiger partial charge in [0.05, 0.1) is 17.6 Å². The number of pyridine rings is 1. The van der Waals surface area contributed by atoms with Crippen LogP contribution in [0.3, 0.4) is 0 Å². The molecule has 1 aromatic carbocycles. The zero-order chi connectivity index (χ0) is 13.9. The van der Waals surface area contributed by atoms with Gasteiger partial charge in [-0.15, -0.1) is 0 Å². The monoisotopic (exact) mass is 266 g/mol. The second kappa shape index (κ2) is 5.48. The lowest BCUT2D eigenvalue weighted by Crippen LogP contribution is -2.49. The molecule has 20 heavy (non-hydrogen) atoms. The first-order valence-electron chi connectivity index (χ1n) is 7.02. The maximum atomic E-state index is 9.00. The van der Waals surface area contributed by atoms with Gasteiger partial charge in [-0.1, -0.05) is 18.2 Å². The van der Waals surface area contributed by atoms with Gasteiger partial charge in [-0.05, 0) is 19.1 Å². The first kappa shape index (κ1) is 12.9. The van der Waals surface area contributed by atoms with Crippen LogP contribution in [0.5, 0.6) is 0 Å². The Hall–Kier alpha value is -2.12. The molecule has 0 aliphatic carbocycles. The summed E-state index contributed by atoms with van der Waals surface area (Å²) in [5.74, 6) is 0. The fourth-order valence-corrected chi connectivity index (χ4v) is 2.79. The topological polar surface area (TPSA) is 43.2 Å². The van der Waals surface area contributed by atoms with Gasteiger partial charge in [-0.2, -0.15) is 5.26 Å². The molecule has 4 nitrogen and oxygen atoms in total. The molecular formula is C16H18N4. The van der Waals surface area contributed by atoms with Crippen molar-refractivity contribution in [3.63, 3.8) is 0 Å². The number of hydrogen-bond acceptors (Lipinski definition) is 4. The van der Waals surface area contributed by atoms with Crippen molar-refractivity contribution in [2.45, 2.75) is 13.0 Å². The average Bonchev–Trinajstić information content (AvgIpc) is 2.54. The van der Waals surface area contributed by atoms with Gasteiger partial charge in [0.2, 0.25) is 0 Å². The van der Waals surface area contributed by atoms with Crippen LogP contribution in [0.25, 0.3) is 10.9 Å². The van der Waals surface area contributed by atoms with Crippen LogP contribution in [-0.2, 0) is 0 Å². The van der Waals surface area contributed by atoms with Crippen molar-refractivity contribution in [3.8, 4) is 6.07 Å². The van der Waals surface area contributed by atoms with E-state index in [1.807, 2.05) is 25.3 Å². The predicted molar refractivity (Wildman–Crippen MR) is 80.6 cm³/mol. The van der Waals surface area contributed by atoms with Crippen molar-refractivity contribution in [1.29, 1.82) is 5.26 Å². The Morgan fingerprint density at radius 2 is 1.90 bits per heavy atom. The lowest BCUT2D eigenvalue weighted by Gasteiger charge is -2.37. The molecule has 0 bridgehead atoms. The fraction of sp³-hybridized carbons (Fsp3) is 0.375. The molecule has 0 radical (unpaired) electrons. The van der Waals surface area contributed by atoms with E-state index >= 15 is 0 Å². The third kappa shape index (κ3) is 2.33. The molecule has 1 aliphatic heterocycles. The number of benzene rings is 1. The van der Waals surface area contributed by atoms with Gasteiger partial charge in [0.25, 0.3) is 0 Å². The highest BCUT2D eigenvalue weighted by Gasteiger charge is 2.21. The van der Waals surface area contributed by atoms with E-state index < -0.39 is 0 Å². The molecule has 0 amide bonds. The summed E-state index contributed by atoms with van der Waals surface area (Å²) in [4.78, 5) is 9.04. The van der Waals surface area contributed by atoms with Crippen molar-refractivity contribution in [3.05, 3.63) is 36.5 Å². The highest BCUT2D eigenvalue weighted by Crippen LogP contribution is 2.26. The molecule has 4 heteroatoms. The maximum absolute atomic E-state index is 9.00. The number of para-hydroxylation sites is 1. The van der Waals surface area contributed by atoms with Gasteiger partial charge in [0.15, 0.2) is 0 Å². The van der Waals surface area contributed by atoms with Gasteiger partial charge in [-0.25, -0.2) is 0 Å². The average molecular weight is 266 g/mol. The van der Waals surface area contributed by atoms with Crippen LogP contribution in [0.4, 0.5) is 5.69 Å². The molecule has 2 heterocycles. The van der Waals surface area contributed by atoms with Crippen LogP contribution in [0.2, 0.25) is 0 Å². The zero-order valence-corrected chi connectivity index (χ0v) is 11.7. The quantitative estimate of drug-likeness (QED) is 0.836. The first-order chi connectivity index (χ1) is 9.79. The maximum Gasteiger partial charge on any atom is 0.0950 e. The number of nitrogens with zero attached hydrogens (tertiary/aromatic N) is 4. The van der Waals surface area contributed by atoms with Crippen molar-refractivity contribution in [1.82, 2.24) is 9.88 Å². The zero-order valence-electron chi connectivity index (χ0n) is 11.7. The van der Waals surface area contributed by atoms with E-state index in [4.69, 9.17) is 5.26 Å². The largest absolute Gasteiger partial charge is 0.368 e. The highest BCUT2D eigenvalue weighted by atomic mass is 15.3. The molecule has 0 spiro atoms. The Bertz CT molecular complexity index is 633. The molecular weight excluding hydrogens is 248 g/mol. The van der Waals surface area contributed by atoms with Crippen molar-refractivity contribution >= 4 is 16.6 Å². The fourth-order valence-electron chi connectivity index (χ4n) is 2.79. The lowest BCUT2D eigenvalue weighted by molar-refractivity contribution is 0.232. The summed E-state index contributed by atoms with van der Waals surface area (Å²) in [7, 11) is 0. The van der Waals surface area contributed by atoms with Crippen molar-refractivity contribution in [2.75, 3.05) is 31.1 Å². The Morgan fingerprint density at radius 3 is 2.65 bits per heavy atom. The summed E-state index contributed by atoms with van der Waals surface area (Å²) in [6.45, 7) is 5.76. The molecule has 3 rings (SSSR count). The normalized spacial score (nSPS) is 17.9. The number of aromatic nitrogens is 1. The predicted octanol–water partition coefficient (Wildman–Crippen LogP) is 2.27. The Kier molecular flexibility index (Phi) is 3.53. The van der Waals surface area contributed by atoms with E-state index in [0.29, 0.717) is 0 Å². The number of fused-ring (bicyclic) bond motifs is 1. The molecule has 0 saturated carbocycles. The second-order valence-corrected chi connectivity index (χ2v) is 5.18. The van der Waals surface area contributed by atoms with Crippen molar-refractivity contribution in [2.24, 2.45) is 0 Å². The number of piperazine rings is 1. The molecule has 1 fully saturated rings. The Balaban J connectivity index is 1.82. The van der Waals surface area contributed by atoms with E-state index in [2.05, 4.69) is 39.1 Å². The third-order valence-corrected chi connectivity index (χ3v) is 4.02. The molecule has 1 atom stereocenters. The summed E-state index contributed by atoms with van der Waals surface area (Å²) in [5, 5.41) is 10.2. The standard InChI is InChI=1S/C16H18N4/c1-13(12-17)19-8-10-20(11-9-19)16-6-7-18-15-5-3-2-4-14(15)16/h2-7,13H,8-11H2,1H3. The summed E-state index contributed by atoms with van der Waals surface area (Å²) >= 11 is 0. The molecule has 0 N–H and O–H groups in total. The molecule has 1 aliphatic rings. The van der Waals surface area contributed by atoms with E-state index in [9.17, 15) is 0 Å². The molecule has 1 unspecified atom stereocenters. The third-order valence-electron chi connectivity index (χ3n) is 4.02. The minimum atomic E-state index is 0.00586. The number of anilines is 1. The number of hydrogen-bond donors (Lipinski definition) is 0. The summed E-state index contributed by atoms with van der Waals surface area (Å²) in [6.07, 6.45) is 1.88. The summed E-state index contributed by atoms with van der Waals surface area (Å²) in [6, 6.07) is 12.7. The van der Waals surface area contributed by atoms with E-state index in [1.54, 1.807) is 0 Å². The number of nitriles is 1. The Labute approximate surface area is 119 Å². The minimum Gasteiger partial charge on any atom is -0.368 e. The van der Waals surface area contributed by atoms with E-state index in [-0.39, 0.29) is 6.04 Å². The molecule has 2 aromatic rings. The van der Waals surface area contributed by atoms with Crippen LogP contribution >= 0.6 is 0 Å². The summed E-state index contributed by atoms with van der Waals surface area (Å²) < 4.78 is 0. The van der Waals surface area contributed by atoms with E-state index in [0.717, 1.165) is 31.7 Å². The second-order valence-electron chi connectivity index (χ2n) is 5.18. The van der Waals surface area contributed by atoms with Crippen LogP contribution in [0.15, 0.2) is 36.5 Å². The van der Waals surface area contributed by atoms with Crippen LogP contribution < -0.4 is 4.90 Å². The van der Waals surface area contributed by atoms with E-state index in [1.165, 1.54) is 11.1 Å². The molecule has 1 saturated heterocycles. The molecule has 1 aromatic heterocycles. The first-order valence-corrected chi connectivity index (χ1v) is 7.02. The smallest absolute Gasteiger partial charge is 0.0950 e. The SMILES string of the molecule is CC(C#N)N1CCN(c2ccnc3ccccc23)CC1. The van der Waals surface area contributed by atoms with Gasteiger partial charge in [0.1, 0.15) is 0 Å². The molecule has 102 valence electrons. The van der Waals surface area contributed by atoms with Gasteiger partial charge in [0, 0.05) is 43.4 Å². The van der Waals surface area contributed by atoms with Crippen LogP contribution in [0.1, 0.15) is 6.92 Å². The minimum absolute atomic E-state index is 0.00586. The van der Waals surface area contributed by atoms with Crippen molar-refractivity contribution < 1.29 is 0 Å². The van der Waals surface area contributed by atoms with Crippen LogP contribution in [-0.4, -0.2) is 42.1 Å². The summed E-state index contributed by atoms with van der Waals surface area (Å²) in [5.41, 5.74) is 2.29. The highest BCUT2D eigenvalue weighted by molar-refractivity contribution is 5.91. The van der Waals surface area contributed by atoms with Gasteiger partial charge >= 0.3 is 0 Å². The Morgan fingerprint density at radius 1 is 1.15 bits per heavy atom. The van der Waals surface area contributed by atoms with Gasteiger partial charge in [-0.3, -0.25) is 9.88 Å².